The van der Waals surface area contributed by atoms with Crippen LogP contribution in [0.5, 0.6) is 11.5 Å². The number of para-hydroxylation sites is 1. The fraction of sp³-hybridized carbons (Fsp3) is 0.0952. The van der Waals surface area contributed by atoms with Crippen LogP contribution in [0.1, 0.15) is 11.3 Å². The van der Waals surface area contributed by atoms with Crippen molar-refractivity contribution in [3.63, 3.8) is 0 Å². The van der Waals surface area contributed by atoms with Gasteiger partial charge < -0.3 is 14.8 Å². The average Bonchev–Trinajstić information content (AvgIpc) is 3.04. The lowest BCUT2D eigenvalue weighted by Crippen LogP contribution is -2.13. The molecule has 7 nitrogen and oxygen atoms in total. The molecule has 2 aromatic carbocycles. The Morgan fingerprint density at radius 1 is 1.24 bits per heavy atom. The number of phenols is 1. The van der Waals surface area contributed by atoms with E-state index in [1.807, 2.05) is 6.07 Å². The number of ether oxygens (including phenoxy) is 1. The summed E-state index contributed by atoms with van der Waals surface area (Å²) in [7, 11) is 1.43. The predicted octanol–water partition coefficient (Wildman–Crippen LogP) is 3.93. The normalized spacial score (nSPS) is 10.8. The van der Waals surface area contributed by atoms with Crippen LogP contribution in [0.2, 0.25) is 5.02 Å². The van der Waals surface area contributed by atoms with Crippen molar-refractivity contribution in [2.75, 3.05) is 7.11 Å². The zero-order chi connectivity index (χ0) is 20.7. The zero-order valence-corrected chi connectivity index (χ0v) is 16.3. The van der Waals surface area contributed by atoms with Gasteiger partial charge in [0, 0.05) is 21.5 Å². The van der Waals surface area contributed by atoms with Crippen molar-refractivity contribution < 1.29 is 9.84 Å². The van der Waals surface area contributed by atoms with Crippen LogP contribution in [0.25, 0.3) is 27.8 Å². The Morgan fingerprint density at radius 2 is 1.97 bits per heavy atom. The lowest BCUT2D eigenvalue weighted by molar-refractivity contribution is 0.374. The maximum atomic E-state index is 12.7. The van der Waals surface area contributed by atoms with Crippen LogP contribution in [0.3, 0.4) is 0 Å². The molecule has 0 aliphatic carbocycles. The smallest absolute Gasteiger partial charge is 0.268 e. The van der Waals surface area contributed by atoms with Crippen molar-refractivity contribution in [3.8, 4) is 34.4 Å². The highest BCUT2D eigenvalue weighted by Gasteiger charge is 2.23. The topological polar surface area (TPSA) is 104 Å². The third kappa shape index (κ3) is 2.91. The summed E-state index contributed by atoms with van der Waals surface area (Å²) in [6.45, 7) is 1.77. The number of nitrogens with zero attached hydrogens (tertiary/aromatic N) is 3. The van der Waals surface area contributed by atoms with Gasteiger partial charge in [0.2, 0.25) is 0 Å². The van der Waals surface area contributed by atoms with E-state index in [0.29, 0.717) is 38.6 Å². The molecule has 0 saturated heterocycles. The molecule has 144 valence electrons. The van der Waals surface area contributed by atoms with E-state index in [9.17, 15) is 15.2 Å². The first-order valence-corrected chi connectivity index (χ1v) is 9.02. The van der Waals surface area contributed by atoms with Crippen LogP contribution < -0.4 is 10.3 Å². The van der Waals surface area contributed by atoms with Gasteiger partial charge in [0.1, 0.15) is 17.3 Å². The minimum atomic E-state index is -0.577. The van der Waals surface area contributed by atoms with Gasteiger partial charge in [-0.25, -0.2) is 4.68 Å². The van der Waals surface area contributed by atoms with Gasteiger partial charge in [-0.15, -0.1) is 0 Å². The van der Waals surface area contributed by atoms with E-state index >= 15 is 0 Å². The number of hydrogen-bond acceptors (Lipinski definition) is 5. The fourth-order valence-electron chi connectivity index (χ4n) is 3.38. The maximum absolute atomic E-state index is 12.7. The highest BCUT2D eigenvalue weighted by molar-refractivity contribution is 6.30. The van der Waals surface area contributed by atoms with Gasteiger partial charge in [-0.05, 0) is 37.3 Å². The number of rotatable bonds is 3. The quantitative estimate of drug-likeness (QED) is 0.536. The lowest BCUT2D eigenvalue weighted by Gasteiger charge is -2.12. The Kier molecular flexibility index (Phi) is 4.49. The zero-order valence-electron chi connectivity index (χ0n) is 15.5. The molecule has 4 aromatic rings. The minimum Gasteiger partial charge on any atom is -0.504 e. The van der Waals surface area contributed by atoms with Gasteiger partial charge in [0.15, 0.2) is 11.5 Å². The van der Waals surface area contributed by atoms with Crippen molar-refractivity contribution in [1.82, 2.24) is 14.8 Å². The van der Waals surface area contributed by atoms with Gasteiger partial charge in [-0.3, -0.25) is 4.79 Å². The Hall–Kier alpha value is -3.76. The number of hydrogen-bond donors (Lipinski definition) is 2. The first-order valence-electron chi connectivity index (χ1n) is 8.64. The number of nitrogens with one attached hydrogen (secondary N) is 1. The van der Waals surface area contributed by atoms with Crippen molar-refractivity contribution in [3.05, 3.63) is 69.1 Å². The molecule has 0 saturated carbocycles. The Morgan fingerprint density at radius 3 is 2.62 bits per heavy atom. The van der Waals surface area contributed by atoms with Crippen LogP contribution in [0, 0.1) is 18.3 Å². The van der Waals surface area contributed by atoms with Crippen molar-refractivity contribution in [1.29, 1.82) is 5.26 Å². The summed E-state index contributed by atoms with van der Waals surface area (Å²) in [5.74, 6) is 0.0830. The van der Waals surface area contributed by atoms with Gasteiger partial charge in [0.25, 0.3) is 5.56 Å². The molecule has 2 heterocycles. The van der Waals surface area contributed by atoms with E-state index in [1.54, 1.807) is 54.1 Å². The average molecular weight is 407 g/mol. The summed E-state index contributed by atoms with van der Waals surface area (Å²) in [5.41, 5.74) is 1.61. The molecule has 29 heavy (non-hydrogen) atoms. The van der Waals surface area contributed by atoms with E-state index in [2.05, 4.69) is 10.1 Å². The molecule has 0 spiro atoms. The highest BCUT2D eigenvalue weighted by Crippen LogP contribution is 2.41. The number of nitriles is 1. The van der Waals surface area contributed by atoms with Crippen LogP contribution in [0.15, 0.2) is 47.3 Å². The molecule has 2 aromatic heterocycles. The number of aromatic hydroxyl groups is 1. The van der Waals surface area contributed by atoms with Crippen molar-refractivity contribution >= 4 is 22.6 Å². The third-order valence-electron chi connectivity index (χ3n) is 4.69. The summed E-state index contributed by atoms with van der Waals surface area (Å²) < 4.78 is 6.76. The molecule has 0 unspecified atom stereocenters. The number of benzene rings is 2. The second-order valence-electron chi connectivity index (χ2n) is 6.37. The number of fused-ring (bicyclic) bond motifs is 1. The number of methoxy groups -OCH3 is 1. The Labute approximate surface area is 170 Å². The number of aromatic amines is 1. The number of phenolic OH excluding ortho intramolecular Hbond substituents is 1. The molecular formula is C21H15ClN4O3. The molecule has 4 rings (SSSR count). The van der Waals surface area contributed by atoms with Crippen LogP contribution >= 0.6 is 11.6 Å². The highest BCUT2D eigenvalue weighted by atomic mass is 35.5. The second-order valence-corrected chi connectivity index (χ2v) is 6.81. The SMILES string of the molecule is COc1cccc(-c2c(C#N)c(=O)[nH]c3c2c(C)nn3-c2ccc(Cl)cc2)c1O. The minimum absolute atomic E-state index is 0.111. The number of aromatic nitrogens is 3. The van der Waals surface area contributed by atoms with Gasteiger partial charge >= 0.3 is 0 Å². The van der Waals surface area contributed by atoms with Crippen LogP contribution in [-0.4, -0.2) is 27.0 Å². The van der Waals surface area contributed by atoms with Crippen LogP contribution in [0.4, 0.5) is 0 Å². The van der Waals surface area contributed by atoms with Gasteiger partial charge in [-0.1, -0.05) is 23.7 Å². The number of H-pyrrole nitrogens is 1. The maximum Gasteiger partial charge on any atom is 0.268 e. The molecule has 8 heteroatoms. The van der Waals surface area contributed by atoms with E-state index in [0.717, 1.165) is 0 Å². The summed E-state index contributed by atoms with van der Waals surface area (Å²) in [6.07, 6.45) is 0. The summed E-state index contributed by atoms with van der Waals surface area (Å²) in [5, 5.41) is 26.0. The largest absolute Gasteiger partial charge is 0.504 e. The Bertz CT molecular complexity index is 1350. The molecule has 0 fully saturated rings. The van der Waals surface area contributed by atoms with E-state index < -0.39 is 5.56 Å². The molecule has 0 bridgehead atoms. The van der Waals surface area contributed by atoms with Gasteiger partial charge in [-0.2, -0.15) is 10.4 Å². The standard InChI is InChI=1S/C21H15ClN4O3/c1-11-17-18(14-4-3-5-16(29-2)19(14)27)15(10-23)21(28)24-20(17)26(25-11)13-8-6-12(22)7-9-13/h3-9,27H,1-2H3,(H,24,28). The van der Waals surface area contributed by atoms with E-state index in [1.165, 1.54) is 7.11 Å². The van der Waals surface area contributed by atoms with Crippen LogP contribution in [-0.2, 0) is 0 Å². The monoisotopic (exact) mass is 406 g/mol. The third-order valence-corrected chi connectivity index (χ3v) is 4.94. The number of halogens is 1. The number of pyridine rings is 1. The van der Waals surface area contributed by atoms with Crippen molar-refractivity contribution in [2.24, 2.45) is 0 Å². The van der Waals surface area contributed by atoms with Crippen molar-refractivity contribution in [2.45, 2.75) is 6.92 Å². The fourth-order valence-corrected chi connectivity index (χ4v) is 3.51. The van der Waals surface area contributed by atoms with Gasteiger partial charge in [0.05, 0.1) is 18.5 Å². The molecule has 0 aliphatic heterocycles. The first kappa shape index (κ1) is 18.6. The summed E-state index contributed by atoms with van der Waals surface area (Å²) in [4.78, 5) is 15.5. The molecular weight excluding hydrogens is 392 g/mol. The lowest BCUT2D eigenvalue weighted by atomic mass is 9.96. The first-order chi connectivity index (χ1) is 14.0. The molecule has 2 N–H and O–H groups in total. The summed E-state index contributed by atoms with van der Waals surface area (Å²) >= 11 is 5.98. The summed E-state index contributed by atoms with van der Waals surface area (Å²) in [6, 6.07) is 13.8. The van der Waals surface area contributed by atoms with E-state index in [-0.39, 0.29) is 17.1 Å². The predicted molar refractivity (Wildman–Crippen MR) is 110 cm³/mol. The second kappa shape index (κ2) is 7.00. The molecule has 0 radical (unpaired) electrons. The molecule has 0 amide bonds. The Balaban J connectivity index is 2.14. The number of aryl methyl sites for hydroxylation is 1. The molecule has 0 aliphatic rings. The molecule has 0 atom stereocenters. The van der Waals surface area contributed by atoms with E-state index in [4.69, 9.17) is 16.3 Å².